The molecule has 2 atom stereocenters. The van der Waals surface area contributed by atoms with Crippen molar-refractivity contribution in [2.75, 3.05) is 0 Å². The molecule has 0 aliphatic carbocycles. The molecule has 0 aromatic carbocycles. The third-order valence-electron chi connectivity index (χ3n) is 1.36. The van der Waals surface area contributed by atoms with Gasteiger partial charge in [-0.3, -0.25) is 0 Å². The second-order valence-corrected chi connectivity index (χ2v) is 3.95. The zero-order chi connectivity index (χ0) is 9.78. The van der Waals surface area contributed by atoms with Crippen LogP contribution in [0.1, 0.15) is 20.3 Å². The van der Waals surface area contributed by atoms with Gasteiger partial charge < -0.3 is 0 Å². The fourth-order valence-electron chi connectivity index (χ4n) is 0.509. The summed E-state index contributed by atoms with van der Waals surface area (Å²) in [5.74, 6) is 0. The van der Waals surface area contributed by atoms with Gasteiger partial charge in [0.2, 0.25) is 0 Å². The lowest BCUT2D eigenvalue weighted by Gasteiger charge is -2.15. The van der Waals surface area contributed by atoms with Gasteiger partial charge in [-0.2, -0.15) is 18.4 Å². The number of alkyl halides is 3. The van der Waals surface area contributed by atoms with E-state index in [-0.39, 0.29) is 5.25 Å². The molecule has 0 fully saturated rings. The van der Waals surface area contributed by atoms with Gasteiger partial charge >= 0.3 is 6.18 Å². The second-order valence-electron chi connectivity index (χ2n) is 2.41. The van der Waals surface area contributed by atoms with Crippen molar-refractivity contribution in [1.29, 1.82) is 5.26 Å². The van der Waals surface area contributed by atoms with Crippen molar-refractivity contribution in [3.8, 4) is 6.07 Å². The zero-order valence-electron chi connectivity index (χ0n) is 6.85. The molecule has 12 heavy (non-hydrogen) atoms. The minimum atomic E-state index is -4.40. The smallest absolute Gasteiger partial charge is 0.197 e. The minimum Gasteiger partial charge on any atom is -0.197 e. The Morgan fingerprint density at radius 2 is 2.00 bits per heavy atom. The van der Waals surface area contributed by atoms with Crippen LogP contribution in [0.15, 0.2) is 0 Å². The first kappa shape index (κ1) is 11.6. The molecule has 0 spiro atoms. The summed E-state index contributed by atoms with van der Waals surface area (Å²) in [7, 11) is 0. The molecule has 5 heteroatoms. The van der Waals surface area contributed by atoms with E-state index in [9.17, 15) is 13.2 Å². The molecule has 1 nitrogen and oxygen atoms in total. The van der Waals surface area contributed by atoms with Crippen LogP contribution in [0.2, 0.25) is 0 Å². The summed E-state index contributed by atoms with van der Waals surface area (Å²) in [6, 6.07) is 1.25. The van der Waals surface area contributed by atoms with Crippen molar-refractivity contribution in [1.82, 2.24) is 0 Å². The van der Waals surface area contributed by atoms with Crippen molar-refractivity contribution in [2.24, 2.45) is 0 Å². The van der Waals surface area contributed by atoms with E-state index in [2.05, 4.69) is 0 Å². The normalized spacial score (nSPS) is 16.7. The van der Waals surface area contributed by atoms with E-state index in [1.54, 1.807) is 13.8 Å². The third-order valence-corrected chi connectivity index (χ3v) is 2.80. The maximum absolute atomic E-state index is 12.0. The Hall–Kier alpha value is -0.370. The van der Waals surface area contributed by atoms with E-state index in [0.717, 1.165) is 0 Å². The molecule has 0 heterocycles. The van der Waals surface area contributed by atoms with E-state index < -0.39 is 11.4 Å². The number of halogens is 3. The quantitative estimate of drug-likeness (QED) is 0.694. The van der Waals surface area contributed by atoms with Gasteiger partial charge in [0.25, 0.3) is 0 Å². The predicted octanol–water partition coefficient (Wildman–Crippen LogP) is 2.97. The fourth-order valence-corrected chi connectivity index (χ4v) is 1.38. The Bertz CT molecular complexity index is 172. The lowest BCUT2D eigenvalue weighted by Crippen LogP contribution is -2.25. The first-order valence-corrected chi connectivity index (χ1v) is 4.47. The molecule has 0 saturated carbocycles. The van der Waals surface area contributed by atoms with E-state index >= 15 is 0 Å². The zero-order valence-corrected chi connectivity index (χ0v) is 7.67. The fraction of sp³-hybridized carbons (Fsp3) is 0.857. The van der Waals surface area contributed by atoms with Crippen molar-refractivity contribution in [3.05, 3.63) is 0 Å². The Labute approximate surface area is 73.9 Å². The monoisotopic (exact) mass is 197 g/mol. The van der Waals surface area contributed by atoms with Crippen LogP contribution in [0.4, 0.5) is 13.2 Å². The minimum absolute atomic E-state index is 0.128. The molecule has 0 amide bonds. The van der Waals surface area contributed by atoms with Gasteiger partial charge in [-0.05, 0) is 6.42 Å². The highest BCUT2D eigenvalue weighted by atomic mass is 32.2. The molecule has 0 radical (unpaired) electrons. The SMILES string of the molecule is CCC(C)SC(C#N)C(F)(F)F. The maximum Gasteiger partial charge on any atom is 0.413 e. The molecule has 0 N–H and O–H groups in total. The maximum atomic E-state index is 12.0. The van der Waals surface area contributed by atoms with E-state index in [1.807, 2.05) is 0 Å². The Kier molecular flexibility index (Phi) is 4.46. The second kappa shape index (κ2) is 4.61. The van der Waals surface area contributed by atoms with Gasteiger partial charge in [0, 0.05) is 5.25 Å². The standard InChI is InChI=1S/C7H10F3NS/c1-3-5(2)12-6(4-11)7(8,9)10/h5-6H,3H2,1-2H3. The van der Waals surface area contributed by atoms with Gasteiger partial charge in [0.1, 0.15) is 0 Å². The van der Waals surface area contributed by atoms with Crippen molar-refractivity contribution in [3.63, 3.8) is 0 Å². The van der Waals surface area contributed by atoms with Gasteiger partial charge in [-0.25, -0.2) is 0 Å². The van der Waals surface area contributed by atoms with Crippen LogP contribution in [0, 0.1) is 11.3 Å². The highest BCUT2D eigenvalue weighted by molar-refractivity contribution is 8.00. The number of nitriles is 1. The van der Waals surface area contributed by atoms with Gasteiger partial charge in [0.05, 0.1) is 6.07 Å². The molecule has 0 rings (SSSR count). The first-order valence-electron chi connectivity index (χ1n) is 3.53. The summed E-state index contributed by atoms with van der Waals surface area (Å²) < 4.78 is 35.9. The number of nitrogens with zero attached hydrogens (tertiary/aromatic N) is 1. The lowest BCUT2D eigenvalue weighted by atomic mass is 10.4. The van der Waals surface area contributed by atoms with E-state index in [0.29, 0.717) is 18.2 Å². The molecule has 0 aliphatic rings. The summed E-state index contributed by atoms with van der Waals surface area (Å²) >= 11 is 0.666. The summed E-state index contributed by atoms with van der Waals surface area (Å²) in [6.45, 7) is 3.48. The molecule has 2 unspecified atom stereocenters. The average Bonchev–Trinajstić information content (AvgIpc) is 1.97. The largest absolute Gasteiger partial charge is 0.413 e. The van der Waals surface area contributed by atoms with Crippen LogP contribution >= 0.6 is 11.8 Å². The van der Waals surface area contributed by atoms with Gasteiger partial charge in [-0.1, -0.05) is 13.8 Å². The van der Waals surface area contributed by atoms with Crippen molar-refractivity contribution >= 4 is 11.8 Å². The van der Waals surface area contributed by atoms with Crippen LogP contribution in [-0.4, -0.2) is 16.7 Å². The molecular formula is C7H10F3NS. The van der Waals surface area contributed by atoms with E-state index in [4.69, 9.17) is 5.26 Å². The molecule has 70 valence electrons. The number of rotatable bonds is 3. The molecule has 0 bridgehead atoms. The molecular weight excluding hydrogens is 187 g/mol. The first-order chi connectivity index (χ1) is 5.41. The molecule has 0 aromatic rings. The predicted molar refractivity (Wildman–Crippen MR) is 42.8 cm³/mol. The van der Waals surface area contributed by atoms with Crippen LogP contribution < -0.4 is 0 Å². The number of thioether (sulfide) groups is 1. The summed E-state index contributed by atoms with van der Waals surface area (Å²) in [5, 5.41) is 6.20. The number of hydrogen-bond acceptors (Lipinski definition) is 2. The molecule has 0 saturated heterocycles. The topological polar surface area (TPSA) is 23.8 Å². The average molecular weight is 197 g/mol. The van der Waals surface area contributed by atoms with E-state index in [1.165, 1.54) is 6.07 Å². The molecule has 0 aromatic heterocycles. The van der Waals surface area contributed by atoms with Crippen molar-refractivity contribution in [2.45, 2.75) is 36.9 Å². The summed E-state index contributed by atoms with van der Waals surface area (Å²) in [4.78, 5) is 0. The Balaban J connectivity index is 4.12. The van der Waals surface area contributed by atoms with Crippen LogP contribution in [0.3, 0.4) is 0 Å². The van der Waals surface area contributed by atoms with Gasteiger partial charge in [0.15, 0.2) is 5.25 Å². The van der Waals surface area contributed by atoms with Crippen LogP contribution in [0.25, 0.3) is 0 Å². The number of hydrogen-bond donors (Lipinski definition) is 0. The highest BCUT2D eigenvalue weighted by Crippen LogP contribution is 2.33. The Morgan fingerprint density at radius 3 is 2.25 bits per heavy atom. The van der Waals surface area contributed by atoms with Gasteiger partial charge in [-0.15, -0.1) is 11.8 Å². The summed E-state index contributed by atoms with van der Waals surface area (Å²) in [5.41, 5.74) is 0. The third kappa shape index (κ3) is 3.86. The van der Waals surface area contributed by atoms with Crippen LogP contribution in [0.5, 0.6) is 0 Å². The summed E-state index contributed by atoms with van der Waals surface area (Å²) in [6.07, 6.45) is -3.76. The molecule has 0 aliphatic heterocycles. The highest BCUT2D eigenvalue weighted by Gasteiger charge is 2.41. The Morgan fingerprint density at radius 1 is 1.50 bits per heavy atom. The van der Waals surface area contributed by atoms with Crippen molar-refractivity contribution < 1.29 is 13.2 Å². The van der Waals surface area contributed by atoms with Crippen LogP contribution in [-0.2, 0) is 0 Å². The lowest BCUT2D eigenvalue weighted by molar-refractivity contribution is -0.118.